The highest BCUT2D eigenvalue weighted by molar-refractivity contribution is 6.30. The minimum atomic E-state index is -0.602. The predicted octanol–water partition coefficient (Wildman–Crippen LogP) is 3.33. The van der Waals surface area contributed by atoms with E-state index in [9.17, 15) is 9.18 Å². The lowest BCUT2D eigenvalue weighted by molar-refractivity contribution is 0.0784. The Morgan fingerprint density at radius 3 is 2.70 bits per heavy atom. The van der Waals surface area contributed by atoms with Crippen molar-refractivity contribution in [1.29, 1.82) is 0 Å². The van der Waals surface area contributed by atoms with Gasteiger partial charge in [-0.15, -0.1) is 0 Å². The quantitative estimate of drug-likeness (QED) is 0.882. The van der Waals surface area contributed by atoms with Gasteiger partial charge in [-0.1, -0.05) is 23.7 Å². The molecule has 0 saturated heterocycles. The minimum Gasteiger partial charge on any atom is -0.399 e. The molecule has 2 rings (SSSR count). The number of benzene rings is 2. The summed E-state index contributed by atoms with van der Waals surface area (Å²) in [5, 5.41) is 0.0000333. The standard InChI is InChI=1S/C15H14ClFN2O/c1-19(9-10-3-2-4-12(18)7-10)15(20)11-5-6-13(16)14(17)8-11/h2-8H,9,18H2,1H3. The molecule has 2 aromatic rings. The molecule has 1 amide bonds. The number of anilines is 1. The van der Waals surface area contributed by atoms with Crippen LogP contribution in [0.3, 0.4) is 0 Å². The monoisotopic (exact) mass is 292 g/mol. The molecular formula is C15H14ClFN2O. The molecular weight excluding hydrogens is 279 g/mol. The molecule has 0 aromatic heterocycles. The Balaban J connectivity index is 2.14. The number of rotatable bonds is 3. The molecule has 3 nitrogen and oxygen atoms in total. The lowest BCUT2D eigenvalue weighted by Crippen LogP contribution is -2.26. The first-order chi connectivity index (χ1) is 9.47. The summed E-state index contributed by atoms with van der Waals surface area (Å²) in [7, 11) is 1.65. The number of amides is 1. The predicted molar refractivity (Wildman–Crippen MR) is 78.1 cm³/mol. The molecule has 0 aliphatic heterocycles. The van der Waals surface area contributed by atoms with Gasteiger partial charge < -0.3 is 10.6 Å². The molecule has 0 atom stereocenters. The van der Waals surface area contributed by atoms with Crippen molar-refractivity contribution >= 4 is 23.2 Å². The van der Waals surface area contributed by atoms with Crippen LogP contribution in [0.4, 0.5) is 10.1 Å². The van der Waals surface area contributed by atoms with Crippen LogP contribution < -0.4 is 5.73 Å². The zero-order valence-corrected chi connectivity index (χ0v) is 11.7. The van der Waals surface area contributed by atoms with E-state index in [2.05, 4.69) is 0 Å². The van der Waals surface area contributed by atoms with Crippen molar-refractivity contribution in [3.05, 3.63) is 64.4 Å². The molecule has 2 aromatic carbocycles. The average molecular weight is 293 g/mol. The second-order valence-corrected chi connectivity index (χ2v) is 4.94. The summed E-state index contributed by atoms with van der Waals surface area (Å²) in [4.78, 5) is 13.7. The highest BCUT2D eigenvalue weighted by Crippen LogP contribution is 2.17. The van der Waals surface area contributed by atoms with Crippen LogP contribution >= 0.6 is 11.6 Å². The Hall–Kier alpha value is -2.07. The van der Waals surface area contributed by atoms with Crippen molar-refractivity contribution in [3.63, 3.8) is 0 Å². The molecule has 0 aliphatic rings. The largest absolute Gasteiger partial charge is 0.399 e. The van der Waals surface area contributed by atoms with Gasteiger partial charge in [0.25, 0.3) is 5.91 Å². The third kappa shape index (κ3) is 3.27. The number of nitrogens with two attached hydrogens (primary N) is 1. The molecule has 2 N–H and O–H groups in total. The van der Waals surface area contributed by atoms with E-state index in [-0.39, 0.29) is 16.5 Å². The molecule has 0 fully saturated rings. The van der Waals surface area contributed by atoms with Gasteiger partial charge in [0.2, 0.25) is 0 Å². The summed E-state index contributed by atoms with van der Waals surface area (Å²) in [6.45, 7) is 0.397. The summed E-state index contributed by atoms with van der Waals surface area (Å²) in [5.74, 6) is -0.877. The molecule has 0 bridgehead atoms. The Morgan fingerprint density at radius 2 is 2.05 bits per heavy atom. The SMILES string of the molecule is CN(Cc1cccc(N)c1)C(=O)c1ccc(Cl)c(F)c1. The highest BCUT2D eigenvalue weighted by Gasteiger charge is 2.14. The number of nitrogen functional groups attached to an aromatic ring is 1. The Labute approximate surface area is 121 Å². The van der Waals surface area contributed by atoms with E-state index in [0.717, 1.165) is 11.6 Å². The van der Waals surface area contributed by atoms with Gasteiger partial charge in [0, 0.05) is 24.8 Å². The Kier molecular flexibility index (Phi) is 4.25. The fourth-order valence-corrected chi connectivity index (χ4v) is 2.00. The van der Waals surface area contributed by atoms with Gasteiger partial charge in [0.05, 0.1) is 5.02 Å². The summed E-state index contributed by atoms with van der Waals surface area (Å²) >= 11 is 5.60. The van der Waals surface area contributed by atoms with Gasteiger partial charge in [0.1, 0.15) is 5.82 Å². The second kappa shape index (κ2) is 5.92. The van der Waals surface area contributed by atoms with E-state index in [1.165, 1.54) is 17.0 Å². The van der Waals surface area contributed by atoms with Gasteiger partial charge in [-0.25, -0.2) is 4.39 Å². The lowest BCUT2D eigenvalue weighted by Gasteiger charge is -2.17. The maximum Gasteiger partial charge on any atom is 0.254 e. The van der Waals surface area contributed by atoms with Gasteiger partial charge in [-0.2, -0.15) is 0 Å². The van der Waals surface area contributed by atoms with E-state index in [4.69, 9.17) is 17.3 Å². The Morgan fingerprint density at radius 1 is 1.30 bits per heavy atom. The van der Waals surface area contributed by atoms with Crippen molar-refractivity contribution < 1.29 is 9.18 Å². The maximum atomic E-state index is 13.4. The summed E-state index contributed by atoms with van der Waals surface area (Å²) < 4.78 is 13.4. The summed E-state index contributed by atoms with van der Waals surface area (Å²) in [5.41, 5.74) is 7.50. The van der Waals surface area contributed by atoms with Gasteiger partial charge in [-0.05, 0) is 35.9 Å². The van der Waals surface area contributed by atoms with Crippen molar-refractivity contribution in [3.8, 4) is 0 Å². The van der Waals surface area contributed by atoms with Crippen molar-refractivity contribution in [2.45, 2.75) is 6.54 Å². The molecule has 0 unspecified atom stereocenters. The van der Waals surface area contributed by atoms with Gasteiger partial charge >= 0.3 is 0 Å². The third-order valence-corrected chi connectivity index (χ3v) is 3.19. The van der Waals surface area contributed by atoms with Crippen LogP contribution in [0.1, 0.15) is 15.9 Å². The fraction of sp³-hybridized carbons (Fsp3) is 0.133. The number of hydrogen-bond acceptors (Lipinski definition) is 2. The van der Waals surface area contributed by atoms with Crippen LogP contribution in [0.5, 0.6) is 0 Å². The lowest BCUT2D eigenvalue weighted by atomic mass is 10.1. The molecule has 104 valence electrons. The normalized spacial score (nSPS) is 10.3. The van der Waals surface area contributed by atoms with E-state index in [1.54, 1.807) is 19.2 Å². The van der Waals surface area contributed by atoms with Crippen LogP contribution in [0.15, 0.2) is 42.5 Å². The van der Waals surface area contributed by atoms with Crippen LogP contribution in [-0.2, 0) is 6.54 Å². The second-order valence-electron chi connectivity index (χ2n) is 4.54. The van der Waals surface area contributed by atoms with E-state index in [1.807, 2.05) is 12.1 Å². The van der Waals surface area contributed by atoms with Crippen molar-refractivity contribution in [2.24, 2.45) is 0 Å². The summed E-state index contributed by atoms with van der Waals surface area (Å²) in [6.07, 6.45) is 0. The maximum absolute atomic E-state index is 13.4. The minimum absolute atomic E-state index is 0.0000333. The topological polar surface area (TPSA) is 46.3 Å². The zero-order valence-electron chi connectivity index (χ0n) is 10.9. The number of hydrogen-bond donors (Lipinski definition) is 1. The molecule has 0 spiro atoms. The first kappa shape index (κ1) is 14.3. The third-order valence-electron chi connectivity index (χ3n) is 2.88. The van der Waals surface area contributed by atoms with Crippen molar-refractivity contribution in [2.75, 3.05) is 12.8 Å². The molecule has 0 heterocycles. The van der Waals surface area contributed by atoms with Crippen molar-refractivity contribution in [1.82, 2.24) is 4.90 Å². The zero-order chi connectivity index (χ0) is 14.7. The Bertz CT molecular complexity index is 646. The first-order valence-electron chi connectivity index (χ1n) is 6.02. The van der Waals surface area contributed by atoms with Crippen LogP contribution in [0, 0.1) is 5.82 Å². The molecule has 20 heavy (non-hydrogen) atoms. The smallest absolute Gasteiger partial charge is 0.254 e. The van der Waals surface area contributed by atoms with Crippen LogP contribution in [0.25, 0.3) is 0 Å². The summed E-state index contributed by atoms with van der Waals surface area (Å²) in [6, 6.07) is 11.3. The van der Waals surface area contributed by atoms with Crippen LogP contribution in [-0.4, -0.2) is 17.9 Å². The number of carbonyl (C=O) groups is 1. The first-order valence-corrected chi connectivity index (χ1v) is 6.40. The average Bonchev–Trinajstić information content (AvgIpc) is 2.41. The number of carbonyl (C=O) groups excluding carboxylic acids is 1. The van der Waals surface area contributed by atoms with E-state index in [0.29, 0.717) is 12.2 Å². The van der Waals surface area contributed by atoms with E-state index < -0.39 is 5.82 Å². The number of nitrogens with zero attached hydrogens (tertiary/aromatic N) is 1. The van der Waals surface area contributed by atoms with Crippen LogP contribution in [0.2, 0.25) is 5.02 Å². The molecule has 5 heteroatoms. The molecule has 0 radical (unpaired) electrons. The highest BCUT2D eigenvalue weighted by atomic mass is 35.5. The van der Waals surface area contributed by atoms with Gasteiger partial charge in [-0.3, -0.25) is 4.79 Å². The number of halogens is 2. The fourth-order valence-electron chi connectivity index (χ4n) is 1.89. The molecule has 0 saturated carbocycles. The molecule has 0 aliphatic carbocycles. The van der Waals surface area contributed by atoms with E-state index >= 15 is 0 Å². The van der Waals surface area contributed by atoms with Gasteiger partial charge in [0.15, 0.2) is 0 Å².